The van der Waals surface area contributed by atoms with E-state index in [4.69, 9.17) is 0 Å². The monoisotopic (exact) mass is 408 g/mol. The maximum atomic E-state index is 12.2. The van der Waals surface area contributed by atoms with Crippen molar-refractivity contribution >= 4 is 33.4 Å². The van der Waals surface area contributed by atoms with Gasteiger partial charge in [0.05, 0.1) is 6.54 Å². The highest BCUT2D eigenvalue weighted by Gasteiger charge is 2.24. The highest BCUT2D eigenvalue weighted by molar-refractivity contribution is 7.19. The van der Waals surface area contributed by atoms with E-state index >= 15 is 0 Å². The third-order valence-electron chi connectivity index (χ3n) is 5.34. The topological polar surface area (TPSA) is 81.7 Å². The molecule has 0 aliphatic carbocycles. The maximum absolute atomic E-state index is 12.2. The van der Waals surface area contributed by atoms with E-state index in [1.807, 2.05) is 7.05 Å². The van der Waals surface area contributed by atoms with Gasteiger partial charge in [-0.3, -0.25) is 14.5 Å². The smallest absolute Gasteiger partial charge is 0.239 e. The van der Waals surface area contributed by atoms with Crippen LogP contribution in [0.25, 0.3) is 0 Å². The maximum Gasteiger partial charge on any atom is 0.239 e. The molecule has 2 saturated heterocycles. The number of carbonyl (C=O) groups is 2. The molecule has 8 nitrogen and oxygen atoms in total. The van der Waals surface area contributed by atoms with Crippen LogP contribution in [0.1, 0.15) is 51.4 Å². The van der Waals surface area contributed by atoms with Crippen molar-refractivity contribution in [2.45, 2.75) is 51.4 Å². The minimum absolute atomic E-state index is 0.0100. The first kappa shape index (κ1) is 21.0. The first-order valence-electron chi connectivity index (χ1n) is 10.5. The van der Waals surface area contributed by atoms with Gasteiger partial charge in [-0.25, -0.2) is 0 Å². The van der Waals surface area contributed by atoms with Crippen molar-refractivity contribution in [1.82, 2.24) is 20.4 Å². The van der Waals surface area contributed by atoms with E-state index in [0.29, 0.717) is 29.8 Å². The summed E-state index contributed by atoms with van der Waals surface area (Å²) in [7, 11) is 1.83. The Labute approximate surface area is 171 Å². The molecular weight excluding hydrogens is 376 g/mol. The second kappa shape index (κ2) is 10.7. The fraction of sp³-hybridized carbons (Fsp3) is 0.789. The van der Waals surface area contributed by atoms with Crippen molar-refractivity contribution in [1.29, 1.82) is 0 Å². The highest BCUT2D eigenvalue weighted by Crippen LogP contribution is 2.28. The van der Waals surface area contributed by atoms with E-state index in [0.717, 1.165) is 25.8 Å². The van der Waals surface area contributed by atoms with Crippen molar-refractivity contribution in [3.8, 4) is 0 Å². The van der Waals surface area contributed by atoms with E-state index in [1.54, 1.807) is 9.80 Å². The third kappa shape index (κ3) is 6.13. The number of rotatable bonds is 8. The first-order chi connectivity index (χ1) is 13.6. The van der Waals surface area contributed by atoms with Crippen LogP contribution in [0.2, 0.25) is 0 Å². The molecule has 2 aliphatic rings. The molecule has 28 heavy (non-hydrogen) atoms. The lowest BCUT2D eigenvalue weighted by molar-refractivity contribution is -0.120. The second-order valence-corrected chi connectivity index (χ2v) is 8.62. The quantitative estimate of drug-likeness (QED) is 0.662. The molecule has 3 heterocycles. The van der Waals surface area contributed by atoms with E-state index in [1.165, 1.54) is 50.1 Å². The number of likely N-dealkylation sites (tertiary alicyclic amines) is 1. The summed E-state index contributed by atoms with van der Waals surface area (Å²) in [4.78, 5) is 30.2. The molecule has 0 aromatic carbocycles. The van der Waals surface area contributed by atoms with Crippen LogP contribution in [0, 0.1) is 0 Å². The van der Waals surface area contributed by atoms with E-state index in [2.05, 4.69) is 20.4 Å². The van der Waals surface area contributed by atoms with Gasteiger partial charge >= 0.3 is 0 Å². The zero-order valence-corrected chi connectivity index (χ0v) is 17.7. The summed E-state index contributed by atoms with van der Waals surface area (Å²) in [5.74, 6) is 0.0999. The van der Waals surface area contributed by atoms with Gasteiger partial charge in [-0.2, -0.15) is 0 Å². The molecule has 9 heteroatoms. The predicted octanol–water partition coefficient (Wildman–Crippen LogP) is 1.87. The van der Waals surface area contributed by atoms with Gasteiger partial charge in [-0.05, 0) is 51.7 Å². The molecular formula is C19H32N6O2S. The molecule has 2 amide bonds. The molecule has 0 bridgehead atoms. The average molecular weight is 409 g/mol. The number of piperidine rings is 1. The number of nitrogens with one attached hydrogen (secondary N) is 1. The number of amides is 2. The van der Waals surface area contributed by atoms with Crippen molar-refractivity contribution in [3.63, 3.8) is 0 Å². The number of carbonyl (C=O) groups excluding carboxylic acids is 2. The summed E-state index contributed by atoms with van der Waals surface area (Å²) >= 11 is 1.36. The lowest BCUT2D eigenvalue weighted by Gasteiger charge is -2.23. The number of hydrogen-bond donors (Lipinski definition) is 1. The number of hydrogen-bond acceptors (Lipinski definition) is 7. The van der Waals surface area contributed by atoms with Crippen LogP contribution in [0.4, 0.5) is 10.3 Å². The summed E-state index contributed by atoms with van der Waals surface area (Å²) in [5.41, 5.74) is 0. The van der Waals surface area contributed by atoms with Crippen molar-refractivity contribution in [3.05, 3.63) is 0 Å². The second-order valence-electron chi connectivity index (χ2n) is 7.69. The van der Waals surface area contributed by atoms with Gasteiger partial charge in [0.15, 0.2) is 0 Å². The van der Waals surface area contributed by atoms with Crippen LogP contribution < -0.4 is 15.1 Å². The number of anilines is 2. The first-order valence-corrected chi connectivity index (χ1v) is 11.3. The largest absolute Gasteiger partial charge is 0.355 e. The zero-order chi connectivity index (χ0) is 19.8. The Kier molecular flexibility index (Phi) is 8.02. The van der Waals surface area contributed by atoms with Gasteiger partial charge in [-0.1, -0.05) is 24.2 Å². The van der Waals surface area contributed by atoms with Crippen molar-refractivity contribution < 1.29 is 9.59 Å². The molecule has 0 unspecified atom stereocenters. The highest BCUT2D eigenvalue weighted by atomic mass is 32.1. The Morgan fingerprint density at radius 2 is 1.86 bits per heavy atom. The lowest BCUT2D eigenvalue weighted by atomic mass is 10.1. The Hall–Kier alpha value is -1.74. The third-order valence-corrected chi connectivity index (χ3v) is 6.40. The van der Waals surface area contributed by atoms with E-state index in [-0.39, 0.29) is 18.4 Å². The van der Waals surface area contributed by atoms with Crippen molar-refractivity contribution in [2.24, 2.45) is 0 Å². The summed E-state index contributed by atoms with van der Waals surface area (Å²) < 4.78 is 0. The molecule has 0 atom stereocenters. The fourth-order valence-electron chi connectivity index (χ4n) is 3.71. The van der Waals surface area contributed by atoms with Crippen LogP contribution >= 0.6 is 11.3 Å². The number of aromatic nitrogens is 2. The van der Waals surface area contributed by atoms with Crippen LogP contribution in [-0.4, -0.2) is 73.2 Å². The van der Waals surface area contributed by atoms with Crippen LogP contribution in [0.5, 0.6) is 0 Å². The Bertz CT molecular complexity index is 644. The summed E-state index contributed by atoms with van der Waals surface area (Å²) in [6, 6.07) is 0. The lowest BCUT2D eigenvalue weighted by Crippen LogP contribution is -2.37. The van der Waals surface area contributed by atoms with E-state index in [9.17, 15) is 9.59 Å². The molecule has 0 spiro atoms. The zero-order valence-electron chi connectivity index (χ0n) is 16.9. The number of likely N-dealkylation sites (N-methyl/N-ethyl adjacent to an activating group) is 1. The summed E-state index contributed by atoms with van der Waals surface area (Å²) in [6.07, 6.45) is 8.78. The van der Waals surface area contributed by atoms with Gasteiger partial charge < -0.3 is 15.1 Å². The summed E-state index contributed by atoms with van der Waals surface area (Å²) in [6.45, 7) is 5.08. The normalized spacial score (nSPS) is 18.8. The molecule has 156 valence electrons. The Balaban J connectivity index is 1.37. The minimum atomic E-state index is -0.0100. The molecule has 1 aromatic heterocycles. The Morgan fingerprint density at radius 3 is 2.61 bits per heavy atom. The van der Waals surface area contributed by atoms with Crippen LogP contribution in [0.15, 0.2) is 0 Å². The van der Waals surface area contributed by atoms with Gasteiger partial charge in [-0.15, -0.1) is 10.2 Å². The summed E-state index contributed by atoms with van der Waals surface area (Å²) in [5, 5.41) is 12.6. The minimum Gasteiger partial charge on any atom is -0.355 e. The standard InChI is InChI=1S/C19H32N6O2S/c1-23(18-21-22-19(28-18)25-14-7-4-9-17(25)27)15-16(26)20-10-8-13-24-11-5-2-3-6-12-24/h2-15H2,1H3,(H,20,26). The van der Waals surface area contributed by atoms with Crippen LogP contribution in [0.3, 0.4) is 0 Å². The van der Waals surface area contributed by atoms with Crippen LogP contribution in [-0.2, 0) is 9.59 Å². The number of nitrogens with zero attached hydrogens (tertiary/aromatic N) is 5. The molecule has 0 radical (unpaired) electrons. The van der Waals surface area contributed by atoms with Gasteiger partial charge in [0.2, 0.25) is 22.1 Å². The predicted molar refractivity (Wildman–Crippen MR) is 112 cm³/mol. The molecule has 1 aromatic rings. The fourth-order valence-corrected chi connectivity index (χ4v) is 4.56. The molecule has 0 saturated carbocycles. The molecule has 1 N–H and O–H groups in total. The van der Waals surface area contributed by atoms with Gasteiger partial charge in [0.25, 0.3) is 0 Å². The van der Waals surface area contributed by atoms with Crippen molar-refractivity contribution in [2.75, 3.05) is 56.1 Å². The van der Waals surface area contributed by atoms with Gasteiger partial charge in [0.1, 0.15) is 0 Å². The Morgan fingerprint density at radius 1 is 1.11 bits per heavy atom. The van der Waals surface area contributed by atoms with E-state index < -0.39 is 0 Å². The average Bonchev–Trinajstić information content (AvgIpc) is 3.03. The molecule has 2 aliphatic heterocycles. The molecule has 3 rings (SSSR count). The van der Waals surface area contributed by atoms with Gasteiger partial charge in [0, 0.05) is 26.6 Å². The molecule has 2 fully saturated rings. The SMILES string of the molecule is CN(CC(=O)NCCCN1CCCCCC1)c1nnc(N2CCCCC2=O)s1.